The fourth-order valence-corrected chi connectivity index (χ4v) is 3.52. The van der Waals surface area contributed by atoms with E-state index in [-0.39, 0.29) is 0 Å². The van der Waals surface area contributed by atoms with E-state index in [1.807, 2.05) is 0 Å². The van der Waals surface area contributed by atoms with Gasteiger partial charge in [0.05, 0.1) is 5.69 Å². The number of hydrogen-bond donors (Lipinski definition) is 1. The molecular formula is C15H26N4. The number of piperidine rings is 1. The number of fused-ring (bicyclic) bond motifs is 1. The number of rotatable bonds is 2. The van der Waals surface area contributed by atoms with Gasteiger partial charge in [-0.15, -0.1) is 0 Å². The van der Waals surface area contributed by atoms with E-state index in [4.69, 9.17) is 4.98 Å². The molecule has 106 valence electrons. The molecule has 1 fully saturated rings. The second-order valence-electron chi connectivity index (χ2n) is 6.25. The van der Waals surface area contributed by atoms with Crippen molar-refractivity contribution >= 4 is 0 Å². The maximum Gasteiger partial charge on any atom is 0.112 e. The van der Waals surface area contributed by atoms with Gasteiger partial charge in [-0.1, -0.05) is 0 Å². The highest BCUT2D eigenvalue weighted by Gasteiger charge is 2.27. The summed E-state index contributed by atoms with van der Waals surface area (Å²) in [5, 5.41) is 3.42. The third-order valence-corrected chi connectivity index (χ3v) is 4.79. The van der Waals surface area contributed by atoms with E-state index in [1.54, 1.807) is 0 Å². The summed E-state index contributed by atoms with van der Waals surface area (Å²) in [5.74, 6) is 1.99. The summed E-state index contributed by atoms with van der Waals surface area (Å²) < 4.78 is 2.38. The maximum absolute atomic E-state index is 4.93. The maximum atomic E-state index is 4.93. The largest absolute Gasteiger partial charge is 0.335 e. The SMILES string of the molecule is CC(C)N1CCC(c2nc3c(n2C)CCNC3)CC1. The smallest absolute Gasteiger partial charge is 0.112 e. The molecule has 0 bridgehead atoms. The average Bonchev–Trinajstić information content (AvgIpc) is 2.77. The Morgan fingerprint density at radius 1 is 1.26 bits per heavy atom. The zero-order chi connectivity index (χ0) is 13.4. The molecule has 0 unspecified atom stereocenters. The molecule has 0 atom stereocenters. The number of nitrogens with zero attached hydrogens (tertiary/aromatic N) is 3. The molecule has 0 amide bonds. The van der Waals surface area contributed by atoms with Crippen molar-refractivity contribution in [1.82, 2.24) is 19.8 Å². The molecule has 1 N–H and O–H groups in total. The van der Waals surface area contributed by atoms with Crippen LogP contribution in [0, 0.1) is 0 Å². The fraction of sp³-hybridized carbons (Fsp3) is 0.800. The Morgan fingerprint density at radius 3 is 2.63 bits per heavy atom. The van der Waals surface area contributed by atoms with Crippen LogP contribution in [-0.2, 0) is 20.0 Å². The minimum atomic E-state index is 0.658. The van der Waals surface area contributed by atoms with Gasteiger partial charge in [0.2, 0.25) is 0 Å². The second-order valence-corrected chi connectivity index (χ2v) is 6.25. The molecule has 1 aromatic rings. The Bertz CT molecular complexity index is 441. The Hall–Kier alpha value is -0.870. The molecule has 19 heavy (non-hydrogen) atoms. The molecule has 0 saturated carbocycles. The summed E-state index contributed by atoms with van der Waals surface area (Å²) in [6.07, 6.45) is 3.65. The van der Waals surface area contributed by atoms with Gasteiger partial charge in [0.1, 0.15) is 5.82 Å². The van der Waals surface area contributed by atoms with Crippen LogP contribution in [0.3, 0.4) is 0 Å². The van der Waals surface area contributed by atoms with Gasteiger partial charge in [0.15, 0.2) is 0 Å². The topological polar surface area (TPSA) is 33.1 Å². The van der Waals surface area contributed by atoms with Crippen molar-refractivity contribution in [2.75, 3.05) is 19.6 Å². The first-order chi connectivity index (χ1) is 9.16. The molecule has 3 heterocycles. The van der Waals surface area contributed by atoms with E-state index in [1.165, 1.54) is 43.1 Å². The van der Waals surface area contributed by atoms with Crippen LogP contribution in [0.1, 0.15) is 49.8 Å². The van der Waals surface area contributed by atoms with Gasteiger partial charge in [-0.2, -0.15) is 0 Å². The van der Waals surface area contributed by atoms with Gasteiger partial charge in [0.25, 0.3) is 0 Å². The van der Waals surface area contributed by atoms with Gasteiger partial charge in [0, 0.05) is 44.2 Å². The third kappa shape index (κ3) is 2.43. The van der Waals surface area contributed by atoms with Crippen molar-refractivity contribution in [3.8, 4) is 0 Å². The lowest BCUT2D eigenvalue weighted by molar-refractivity contribution is 0.168. The molecule has 4 nitrogen and oxygen atoms in total. The van der Waals surface area contributed by atoms with Crippen LogP contribution in [0.5, 0.6) is 0 Å². The van der Waals surface area contributed by atoms with Crippen molar-refractivity contribution in [2.45, 2.75) is 51.6 Å². The molecule has 1 aromatic heterocycles. The van der Waals surface area contributed by atoms with Gasteiger partial charge < -0.3 is 14.8 Å². The summed E-state index contributed by atoms with van der Waals surface area (Å²) >= 11 is 0. The molecule has 2 aliphatic rings. The van der Waals surface area contributed by atoms with E-state index in [2.05, 4.69) is 35.7 Å². The Kier molecular flexibility index (Phi) is 3.63. The van der Waals surface area contributed by atoms with Crippen LogP contribution in [-0.4, -0.2) is 40.1 Å². The zero-order valence-electron chi connectivity index (χ0n) is 12.4. The Labute approximate surface area is 116 Å². The first-order valence-electron chi connectivity index (χ1n) is 7.66. The molecule has 2 aliphatic heterocycles. The molecule has 0 aliphatic carbocycles. The lowest BCUT2D eigenvalue weighted by atomic mass is 9.95. The summed E-state index contributed by atoms with van der Waals surface area (Å²) in [7, 11) is 2.21. The molecule has 0 spiro atoms. The van der Waals surface area contributed by atoms with E-state index in [9.17, 15) is 0 Å². The molecule has 3 rings (SSSR count). The van der Waals surface area contributed by atoms with E-state index >= 15 is 0 Å². The summed E-state index contributed by atoms with van der Waals surface area (Å²) in [5.41, 5.74) is 2.75. The van der Waals surface area contributed by atoms with E-state index < -0.39 is 0 Å². The summed E-state index contributed by atoms with van der Waals surface area (Å²) in [6, 6.07) is 0.680. The number of hydrogen-bond acceptors (Lipinski definition) is 3. The molecule has 0 aromatic carbocycles. The highest BCUT2D eigenvalue weighted by Crippen LogP contribution is 2.29. The number of likely N-dealkylation sites (tertiary alicyclic amines) is 1. The van der Waals surface area contributed by atoms with E-state index in [0.29, 0.717) is 12.0 Å². The van der Waals surface area contributed by atoms with Gasteiger partial charge in [-0.25, -0.2) is 4.98 Å². The van der Waals surface area contributed by atoms with Crippen molar-refractivity contribution < 1.29 is 0 Å². The van der Waals surface area contributed by atoms with Crippen LogP contribution >= 0.6 is 0 Å². The number of aromatic nitrogens is 2. The highest BCUT2D eigenvalue weighted by molar-refractivity contribution is 5.22. The van der Waals surface area contributed by atoms with Crippen LogP contribution in [0.25, 0.3) is 0 Å². The van der Waals surface area contributed by atoms with Crippen LogP contribution in [0.15, 0.2) is 0 Å². The van der Waals surface area contributed by atoms with Crippen molar-refractivity contribution in [3.63, 3.8) is 0 Å². The third-order valence-electron chi connectivity index (χ3n) is 4.79. The lowest BCUT2D eigenvalue weighted by Gasteiger charge is -2.34. The van der Waals surface area contributed by atoms with Crippen molar-refractivity contribution in [3.05, 3.63) is 17.2 Å². The standard InChI is InChI=1S/C15H26N4/c1-11(2)19-8-5-12(6-9-19)15-17-13-10-16-7-4-14(13)18(15)3/h11-12,16H,4-10H2,1-3H3. The van der Waals surface area contributed by atoms with Gasteiger partial charge in [-0.05, 0) is 39.8 Å². The summed E-state index contributed by atoms with van der Waals surface area (Å²) in [4.78, 5) is 7.51. The monoisotopic (exact) mass is 262 g/mol. The molecular weight excluding hydrogens is 236 g/mol. The average molecular weight is 262 g/mol. The predicted octanol–water partition coefficient (Wildman–Crippen LogP) is 1.65. The van der Waals surface area contributed by atoms with Gasteiger partial charge in [-0.3, -0.25) is 0 Å². The van der Waals surface area contributed by atoms with Crippen molar-refractivity contribution in [2.24, 2.45) is 7.05 Å². The number of nitrogens with one attached hydrogen (secondary N) is 1. The Morgan fingerprint density at radius 2 is 2.00 bits per heavy atom. The molecule has 4 heteroatoms. The first-order valence-corrected chi connectivity index (χ1v) is 7.66. The molecule has 1 saturated heterocycles. The minimum absolute atomic E-state index is 0.658. The molecule has 0 radical (unpaired) electrons. The predicted molar refractivity (Wildman–Crippen MR) is 77.3 cm³/mol. The highest BCUT2D eigenvalue weighted by atomic mass is 15.2. The fourth-order valence-electron chi connectivity index (χ4n) is 3.52. The first kappa shape index (κ1) is 13.1. The Balaban J connectivity index is 1.75. The normalized spacial score (nSPS) is 21.9. The minimum Gasteiger partial charge on any atom is -0.335 e. The van der Waals surface area contributed by atoms with Crippen LogP contribution < -0.4 is 5.32 Å². The van der Waals surface area contributed by atoms with Crippen molar-refractivity contribution in [1.29, 1.82) is 0 Å². The quantitative estimate of drug-likeness (QED) is 0.880. The van der Waals surface area contributed by atoms with E-state index in [0.717, 1.165) is 19.5 Å². The summed E-state index contributed by atoms with van der Waals surface area (Å²) in [6.45, 7) is 9.08. The van der Waals surface area contributed by atoms with Crippen LogP contribution in [0.2, 0.25) is 0 Å². The number of imidazole rings is 1. The van der Waals surface area contributed by atoms with Gasteiger partial charge >= 0.3 is 0 Å². The lowest BCUT2D eigenvalue weighted by Crippen LogP contribution is -2.38. The zero-order valence-corrected chi connectivity index (χ0v) is 12.4. The second kappa shape index (κ2) is 5.25. The van der Waals surface area contributed by atoms with Crippen LogP contribution in [0.4, 0.5) is 0 Å².